The van der Waals surface area contributed by atoms with Crippen molar-refractivity contribution in [1.29, 1.82) is 0 Å². The average Bonchev–Trinajstić information content (AvgIpc) is 3.19. The highest BCUT2D eigenvalue weighted by atomic mass is 35.5. The lowest BCUT2D eigenvalue weighted by molar-refractivity contribution is -0.786. The van der Waals surface area contributed by atoms with Crippen molar-refractivity contribution in [2.24, 2.45) is 0 Å². The standard InChI is InChI=1S/C23H25ClN4O5/c1-3-26(4-2)15-21(29)32-20(17-8-6-5-7-9-17)14-27-16-22(30)33-28(27)23(31)25-19-12-10-18(24)11-13-19/h5-13,16,20H,3-4,14-15H2,1-2H3/p+2. The maximum atomic E-state index is 12.6. The van der Waals surface area contributed by atoms with Crippen LogP contribution in [-0.2, 0) is 16.1 Å². The summed E-state index contributed by atoms with van der Waals surface area (Å²) in [6.45, 7) is 5.56. The summed E-state index contributed by atoms with van der Waals surface area (Å²) in [7, 11) is 0. The van der Waals surface area contributed by atoms with E-state index in [1.54, 1.807) is 24.3 Å². The maximum Gasteiger partial charge on any atom is 0.554 e. The molecule has 0 fully saturated rings. The molecule has 1 unspecified atom stereocenters. The van der Waals surface area contributed by atoms with E-state index in [1.807, 2.05) is 49.1 Å². The summed E-state index contributed by atoms with van der Waals surface area (Å²) in [5.41, 5.74) is 0.592. The first-order valence-electron chi connectivity index (χ1n) is 10.6. The number of benzene rings is 2. The van der Waals surface area contributed by atoms with E-state index in [9.17, 15) is 14.7 Å². The smallest absolute Gasteiger partial charge is 0.450 e. The summed E-state index contributed by atoms with van der Waals surface area (Å²) < 4.78 is 12.2. The van der Waals surface area contributed by atoms with Crippen molar-refractivity contribution in [1.82, 2.24) is 9.75 Å². The molecule has 0 saturated heterocycles. The van der Waals surface area contributed by atoms with Gasteiger partial charge in [0.15, 0.2) is 6.10 Å². The number of likely N-dealkylation sites (N-methyl/N-ethyl adjacent to an activating group) is 1. The molecule has 2 N–H and O–H groups in total. The Morgan fingerprint density at radius 2 is 1.85 bits per heavy atom. The summed E-state index contributed by atoms with van der Waals surface area (Å²) >= 11 is 5.89. The van der Waals surface area contributed by atoms with Gasteiger partial charge in [0.05, 0.1) is 6.54 Å². The average molecular weight is 475 g/mol. The molecule has 1 heterocycles. The number of nitrogens with zero attached hydrogens (tertiary/aromatic N) is 3. The van der Waals surface area contributed by atoms with Gasteiger partial charge in [-0.2, -0.15) is 9.52 Å². The third-order valence-electron chi connectivity index (χ3n) is 4.99. The summed E-state index contributed by atoms with van der Waals surface area (Å²) in [6.07, 6.45) is 0.458. The van der Waals surface area contributed by atoms with Crippen LogP contribution < -0.4 is 15.3 Å². The fourth-order valence-corrected chi connectivity index (χ4v) is 3.34. The molecular weight excluding hydrogens is 448 g/mol. The molecule has 0 aliphatic rings. The number of hydrogen-bond donors (Lipinski definition) is 2. The first-order valence-corrected chi connectivity index (χ1v) is 11.0. The third-order valence-corrected chi connectivity index (χ3v) is 5.24. The van der Waals surface area contributed by atoms with Gasteiger partial charge in [0.25, 0.3) is 0 Å². The van der Waals surface area contributed by atoms with Gasteiger partial charge < -0.3 is 9.84 Å². The number of aromatic nitrogens is 2. The summed E-state index contributed by atoms with van der Waals surface area (Å²) in [4.78, 5) is 30.2. The van der Waals surface area contributed by atoms with E-state index >= 15 is 0 Å². The number of carbonyl (C=O) groups excluding carboxylic acids is 1. The SMILES string of the molecule is CCN(CC)CC(=O)OC(C[n+]1cc(=O)on1C(O)=[NH+]c1ccc(Cl)cc1)c1ccccc1. The van der Waals surface area contributed by atoms with Crippen molar-refractivity contribution in [2.75, 3.05) is 19.6 Å². The fraction of sp³-hybridized carbons (Fsp3) is 0.304. The van der Waals surface area contributed by atoms with Crippen LogP contribution in [0.15, 0.2) is 70.1 Å². The van der Waals surface area contributed by atoms with Crippen LogP contribution in [0.3, 0.4) is 0 Å². The number of halogens is 1. The number of rotatable bonds is 9. The van der Waals surface area contributed by atoms with Crippen LogP contribution in [0.25, 0.3) is 0 Å². The number of hydrogen-bond acceptors (Lipinski definition) is 5. The minimum absolute atomic E-state index is 0.0338. The van der Waals surface area contributed by atoms with Gasteiger partial charge in [0.1, 0.15) is 5.69 Å². The van der Waals surface area contributed by atoms with Crippen LogP contribution in [0, 0.1) is 0 Å². The summed E-state index contributed by atoms with van der Waals surface area (Å²) in [5, 5.41) is 11.1. The predicted molar refractivity (Wildman–Crippen MR) is 121 cm³/mol. The zero-order chi connectivity index (χ0) is 23.8. The van der Waals surface area contributed by atoms with E-state index < -0.39 is 23.7 Å². The molecule has 1 atom stereocenters. The highest BCUT2D eigenvalue weighted by molar-refractivity contribution is 6.30. The molecule has 33 heavy (non-hydrogen) atoms. The Bertz CT molecular complexity index is 1140. The van der Waals surface area contributed by atoms with E-state index in [2.05, 4.69) is 4.99 Å². The van der Waals surface area contributed by atoms with Crippen LogP contribution in [0.1, 0.15) is 25.5 Å². The van der Waals surface area contributed by atoms with Crippen LogP contribution in [0.5, 0.6) is 0 Å². The van der Waals surface area contributed by atoms with Crippen molar-refractivity contribution >= 4 is 29.3 Å². The quantitative estimate of drug-likeness (QED) is 0.209. The highest BCUT2D eigenvalue weighted by Gasteiger charge is 2.33. The number of ether oxygens (including phenoxy) is 1. The van der Waals surface area contributed by atoms with Gasteiger partial charge in [-0.05, 0) is 42.9 Å². The molecule has 10 heteroatoms. The van der Waals surface area contributed by atoms with Crippen LogP contribution in [-0.4, -0.2) is 46.5 Å². The Morgan fingerprint density at radius 1 is 1.18 bits per heavy atom. The Balaban J connectivity index is 1.88. The minimum Gasteiger partial charge on any atom is -0.450 e. The molecule has 3 rings (SSSR count). The lowest BCUT2D eigenvalue weighted by Gasteiger charge is -2.19. The number of nitrogens with one attached hydrogen (secondary N) is 1. The maximum absolute atomic E-state index is 12.6. The molecule has 0 spiro atoms. The number of esters is 1. The summed E-state index contributed by atoms with van der Waals surface area (Å²) in [5.74, 6) is -0.391. The van der Waals surface area contributed by atoms with Gasteiger partial charge >= 0.3 is 23.8 Å². The third kappa shape index (κ3) is 6.77. The largest absolute Gasteiger partial charge is 0.554 e. The molecule has 0 bridgehead atoms. The molecule has 3 aromatic rings. The van der Waals surface area contributed by atoms with Crippen LogP contribution in [0.2, 0.25) is 5.02 Å². The van der Waals surface area contributed by atoms with Crippen LogP contribution >= 0.6 is 11.6 Å². The van der Waals surface area contributed by atoms with E-state index in [4.69, 9.17) is 20.9 Å². The van der Waals surface area contributed by atoms with E-state index in [-0.39, 0.29) is 13.1 Å². The Labute approximate surface area is 196 Å². The highest BCUT2D eigenvalue weighted by Crippen LogP contribution is 2.18. The molecule has 0 amide bonds. The molecular formula is C23H27ClN4O5+2. The van der Waals surface area contributed by atoms with Crippen molar-refractivity contribution in [2.45, 2.75) is 26.5 Å². The topological polar surface area (TPSA) is 103 Å². The predicted octanol–water partition coefficient (Wildman–Crippen LogP) is 1.18. The van der Waals surface area contributed by atoms with Gasteiger partial charge in [-0.15, -0.1) is 0 Å². The fourth-order valence-electron chi connectivity index (χ4n) is 3.21. The summed E-state index contributed by atoms with van der Waals surface area (Å²) in [6, 6.07) is 15.4. The monoisotopic (exact) mass is 474 g/mol. The van der Waals surface area contributed by atoms with E-state index in [0.29, 0.717) is 10.7 Å². The van der Waals surface area contributed by atoms with Gasteiger partial charge in [-0.1, -0.05) is 55.8 Å². The molecule has 0 saturated carbocycles. The minimum atomic E-state index is -0.717. The molecule has 9 nitrogen and oxygen atoms in total. The Hall–Kier alpha value is -3.43. The van der Waals surface area contributed by atoms with Gasteiger partial charge in [0.2, 0.25) is 11.4 Å². The zero-order valence-corrected chi connectivity index (χ0v) is 19.2. The molecule has 2 aromatic carbocycles. The van der Waals surface area contributed by atoms with Crippen molar-refractivity contribution in [3.63, 3.8) is 0 Å². The van der Waals surface area contributed by atoms with Crippen LogP contribution in [0.4, 0.5) is 5.69 Å². The Morgan fingerprint density at radius 3 is 2.48 bits per heavy atom. The Kier molecular flexibility index (Phi) is 8.39. The van der Waals surface area contributed by atoms with Gasteiger partial charge in [-0.3, -0.25) is 9.69 Å². The van der Waals surface area contributed by atoms with Crippen molar-refractivity contribution in [3.05, 3.63) is 81.8 Å². The molecule has 0 aliphatic heterocycles. The lowest BCUT2D eigenvalue weighted by atomic mass is 10.1. The van der Waals surface area contributed by atoms with Gasteiger partial charge in [0, 0.05) is 9.70 Å². The molecule has 0 radical (unpaired) electrons. The second-order valence-corrected chi connectivity index (χ2v) is 7.68. The normalized spacial score (nSPS) is 12.7. The zero-order valence-electron chi connectivity index (χ0n) is 18.5. The number of aliphatic hydroxyl groups is 1. The first-order chi connectivity index (χ1) is 15.9. The molecule has 0 aliphatic carbocycles. The second kappa shape index (κ2) is 11.4. The second-order valence-electron chi connectivity index (χ2n) is 7.24. The van der Waals surface area contributed by atoms with Gasteiger partial charge in [-0.25, -0.2) is 4.79 Å². The molecule has 1 aromatic heterocycles. The lowest BCUT2D eigenvalue weighted by Crippen LogP contribution is -2.71. The van der Waals surface area contributed by atoms with Crippen molar-refractivity contribution < 1.29 is 28.8 Å². The number of aliphatic hydroxyl groups excluding tert-OH is 1. The first kappa shape index (κ1) is 24.2. The molecule has 174 valence electrons. The van der Waals surface area contributed by atoms with Crippen molar-refractivity contribution in [3.8, 4) is 0 Å². The van der Waals surface area contributed by atoms with E-state index in [1.165, 1.54) is 10.9 Å². The van der Waals surface area contributed by atoms with E-state index in [0.717, 1.165) is 23.5 Å². The number of carbonyl (C=O) groups is 1.